The van der Waals surface area contributed by atoms with E-state index in [1.807, 2.05) is 0 Å². The highest BCUT2D eigenvalue weighted by Gasteiger charge is 2.15. The summed E-state index contributed by atoms with van der Waals surface area (Å²) in [4.78, 5) is 50.7. The number of carbonyl (C=O) groups is 1. The Balaban J connectivity index is 1.80. The number of hydrogen-bond donors (Lipinski definition) is 1. The number of amides is 1. The van der Waals surface area contributed by atoms with Crippen molar-refractivity contribution in [3.63, 3.8) is 0 Å². The van der Waals surface area contributed by atoms with Gasteiger partial charge in [-0.3, -0.25) is 28.8 Å². The van der Waals surface area contributed by atoms with Gasteiger partial charge in [-0.15, -0.1) is 0 Å². The molecule has 0 saturated heterocycles. The number of carbonyl (C=O) groups excluding carboxylic acids is 1. The van der Waals surface area contributed by atoms with Crippen LogP contribution < -0.4 is 16.7 Å². The summed E-state index contributed by atoms with van der Waals surface area (Å²) in [7, 11) is 2.79. The first-order valence-electron chi connectivity index (χ1n) is 8.07. The van der Waals surface area contributed by atoms with E-state index in [0.29, 0.717) is 0 Å². The van der Waals surface area contributed by atoms with Crippen LogP contribution in [-0.4, -0.2) is 35.7 Å². The average Bonchev–Trinajstić information content (AvgIpc) is 3.09. The molecule has 0 atom stereocenters. The molecule has 2 heterocycles. The van der Waals surface area contributed by atoms with Crippen molar-refractivity contribution in [2.45, 2.75) is 6.54 Å². The number of non-ortho nitro benzene ring substituents is 1. The summed E-state index contributed by atoms with van der Waals surface area (Å²) in [6.07, 6.45) is 2.44. The minimum Gasteiger partial charge on any atom is -0.315 e. The van der Waals surface area contributed by atoms with E-state index >= 15 is 0 Å². The monoisotopic (exact) mass is 419 g/mol. The van der Waals surface area contributed by atoms with E-state index in [1.165, 1.54) is 54.0 Å². The number of aryl methyl sites for hydroxylation is 1. The third-order valence-electron chi connectivity index (χ3n) is 4.11. The second-order valence-electron chi connectivity index (χ2n) is 6.01. The van der Waals surface area contributed by atoms with Crippen LogP contribution >= 0.6 is 11.6 Å². The SMILES string of the molecule is Cn1c(=O)c2c(ncn2CC(=O)N/N=C/c2cc([N+](=O)[O-])ccc2Cl)n(C)c1=O. The minimum atomic E-state index is -0.585. The molecule has 0 aliphatic carbocycles. The molecule has 1 aromatic carbocycles. The van der Waals surface area contributed by atoms with Gasteiger partial charge in [-0.05, 0) is 6.07 Å². The van der Waals surface area contributed by atoms with Crippen LogP contribution in [0.1, 0.15) is 5.56 Å². The van der Waals surface area contributed by atoms with E-state index < -0.39 is 22.1 Å². The highest BCUT2D eigenvalue weighted by atomic mass is 35.5. The normalized spacial score (nSPS) is 11.3. The van der Waals surface area contributed by atoms with Gasteiger partial charge >= 0.3 is 5.69 Å². The van der Waals surface area contributed by atoms with Gasteiger partial charge in [-0.25, -0.2) is 15.2 Å². The summed E-state index contributed by atoms with van der Waals surface area (Å²) in [5.74, 6) is -0.585. The fraction of sp³-hybridized carbons (Fsp3) is 0.188. The van der Waals surface area contributed by atoms with Crippen LogP contribution in [0.25, 0.3) is 11.2 Å². The second-order valence-corrected chi connectivity index (χ2v) is 6.41. The van der Waals surface area contributed by atoms with Gasteiger partial charge in [0.05, 0.1) is 17.5 Å². The van der Waals surface area contributed by atoms with Crippen LogP contribution in [0.5, 0.6) is 0 Å². The zero-order chi connectivity index (χ0) is 21.3. The number of nitro benzene ring substituents is 1. The summed E-state index contributed by atoms with van der Waals surface area (Å²) >= 11 is 5.95. The highest BCUT2D eigenvalue weighted by Crippen LogP contribution is 2.20. The van der Waals surface area contributed by atoms with Crippen molar-refractivity contribution in [3.8, 4) is 0 Å². The third kappa shape index (κ3) is 3.78. The molecule has 0 saturated carbocycles. The molecular formula is C16H14ClN7O5. The zero-order valence-electron chi connectivity index (χ0n) is 15.2. The smallest absolute Gasteiger partial charge is 0.315 e. The summed E-state index contributed by atoms with van der Waals surface area (Å²) < 4.78 is 3.41. The van der Waals surface area contributed by atoms with E-state index in [0.717, 1.165) is 4.57 Å². The van der Waals surface area contributed by atoms with Crippen LogP contribution in [0.15, 0.2) is 39.2 Å². The molecule has 2 aromatic heterocycles. The lowest BCUT2D eigenvalue weighted by Gasteiger charge is -2.06. The van der Waals surface area contributed by atoms with Crippen LogP contribution in [0, 0.1) is 10.1 Å². The summed E-state index contributed by atoms with van der Waals surface area (Å²) in [6.45, 7) is -0.288. The first-order chi connectivity index (χ1) is 13.7. The largest absolute Gasteiger partial charge is 0.332 e. The standard InChI is InChI=1S/C16H14ClN7O5/c1-21-14-13(15(26)22(2)16(21)27)23(8-18-14)7-12(25)20-19-6-9-5-10(24(28)29)3-4-11(9)17/h3-6,8H,7H2,1-2H3,(H,20,25)/b19-6+. The molecular weight excluding hydrogens is 406 g/mol. The Morgan fingerprint density at radius 1 is 1.34 bits per heavy atom. The van der Waals surface area contributed by atoms with Crippen molar-refractivity contribution < 1.29 is 9.72 Å². The number of halogens is 1. The van der Waals surface area contributed by atoms with E-state index in [1.54, 1.807) is 0 Å². The van der Waals surface area contributed by atoms with E-state index in [-0.39, 0.29) is 34.0 Å². The summed E-state index contributed by atoms with van der Waals surface area (Å²) in [6, 6.07) is 3.81. The minimum absolute atomic E-state index is 0.0930. The molecule has 0 radical (unpaired) electrons. The zero-order valence-corrected chi connectivity index (χ0v) is 16.0. The Hall–Kier alpha value is -3.80. The lowest BCUT2D eigenvalue weighted by Crippen LogP contribution is -2.38. The second kappa shape index (κ2) is 7.67. The summed E-state index contributed by atoms with van der Waals surface area (Å²) in [5, 5.41) is 14.8. The van der Waals surface area contributed by atoms with Gasteiger partial charge in [0.1, 0.15) is 6.54 Å². The molecule has 0 spiro atoms. The number of hydrazone groups is 1. The van der Waals surface area contributed by atoms with Crippen molar-refractivity contribution in [1.29, 1.82) is 0 Å². The maximum atomic E-state index is 12.3. The number of hydrogen-bond acceptors (Lipinski definition) is 7. The topological polar surface area (TPSA) is 146 Å². The molecule has 12 nitrogen and oxygen atoms in total. The van der Waals surface area contributed by atoms with Crippen molar-refractivity contribution in [2.75, 3.05) is 0 Å². The fourth-order valence-electron chi connectivity index (χ4n) is 2.62. The van der Waals surface area contributed by atoms with Gasteiger partial charge in [0, 0.05) is 36.8 Å². The lowest BCUT2D eigenvalue weighted by atomic mass is 10.2. The number of benzene rings is 1. The number of nitro groups is 1. The van der Waals surface area contributed by atoms with Crippen LogP contribution in [0.2, 0.25) is 5.02 Å². The number of nitrogens with one attached hydrogen (secondary N) is 1. The van der Waals surface area contributed by atoms with E-state index in [2.05, 4.69) is 15.5 Å². The molecule has 0 fully saturated rings. The summed E-state index contributed by atoms with van der Waals surface area (Å²) in [5.41, 5.74) is 1.45. The lowest BCUT2D eigenvalue weighted by molar-refractivity contribution is -0.384. The van der Waals surface area contributed by atoms with Crippen molar-refractivity contribution >= 4 is 40.6 Å². The molecule has 0 unspecified atom stereocenters. The number of aromatic nitrogens is 4. The van der Waals surface area contributed by atoms with Crippen molar-refractivity contribution in [2.24, 2.45) is 19.2 Å². The quantitative estimate of drug-likeness (QED) is 0.353. The molecule has 0 bridgehead atoms. The molecule has 13 heteroatoms. The molecule has 1 N–H and O–H groups in total. The molecule has 0 aliphatic heterocycles. The fourth-order valence-corrected chi connectivity index (χ4v) is 2.79. The van der Waals surface area contributed by atoms with Crippen LogP contribution in [0.3, 0.4) is 0 Å². The Bertz CT molecular complexity index is 1290. The first-order valence-corrected chi connectivity index (χ1v) is 8.45. The van der Waals surface area contributed by atoms with Gasteiger partial charge < -0.3 is 4.57 Å². The van der Waals surface area contributed by atoms with Crippen LogP contribution in [0.4, 0.5) is 5.69 Å². The highest BCUT2D eigenvalue weighted by molar-refractivity contribution is 6.33. The predicted octanol–water partition coefficient (Wildman–Crippen LogP) is 0.146. The van der Waals surface area contributed by atoms with Gasteiger partial charge in [0.2, 0.25) is 0 Å². The molecule has 3 rings (SSSR count). The predicted molar refractivity (Wildman–Crippen MR) is 104 cm³/mol. The van der Waals surface area contributed by atoms with Gasteiger partial charge in [0.15, 0.2) is 11.2 Å². The maximum Gasteiger partial charge on any atom is 0.332 e. The number of imidazole rings is 1. The number of fused-ring (bicyclic) bond motifs is 1. The Kier molecular flexibility index (Phi) is 5.28. The van der Waals surface area contributed by atoms with Gasteiger partial charge in [-0.1, -0.05) is 11.6 Å². The van der Waals surface area contributed by atoms with Crippen LogP contribution in [-0.2, 0) is 25.4 Å². The Morgan fingerprint density at radius 2 is 2.07 bits per heavy atom. The van der Waals surface area contributed by atoms with Crippen molar-refractivity contribution in [1.82, 2.24) is 24.1 Å². The first kappa shape index (κ1) is 19.9. The number of rotatable bonds is 5. The molecule has 1 amide bonds. The average molecular weight is 420 g/mol. The van der Waals surface area contributed by atoms with Gasteiger partial charge in [0.25, 0.3) is 17.2 Å². The molecule has 0 aliphatic rings. The number of nitrogens with zero attached hydrogens (tertiary/aromatic N) is 6. The van der Waals surface area contributed by atoms with Crippen molar-refractivity contribution in [3.05, 3.63) is 66.1 Å². The van der Waals surface area contributed by atoms with Gasteiger partial charge in [-0.2, -0.15) is 5.10 Å². The maximum absolute atomic E-state index is 12.3. The molecule has 150 valence electrons. The third-order valence-corrected chi connectivity index (χ3v) is 4.46. The molecule has 29 heavy (non-hydrogen) atoms. The Labute approximate surface area is 166 Å². The van der Waals surface area contributed by atoms with E-state index in [9.17, 15) is 24.5 Å². The molecule has 3 aromatic rings. The van der Waals surface area contributed by atoms with E-state index in [4.69, 9.17) is 11.6 Å². The Morgan fingerprint density at radius 3 is 2.76 bits per heavy atom.